The van der Waals surface area contributed by atoms with Crippen LogP contribution in [0.25, 0.3) is 11.3 Å². The average molecular weight is 491 g/mol. The molecule has 34 heavy (non-hydrogen) atoms. The van der Waals surface area contributed by atoms with E-state index in [1.165, 1.54) is 6.07 Å². The molecular formula is C23H18ClF3N4O3. The van der Waals surface area contributed by atoms with Gasteiger partial charge >= 0.3 is 6.18 Å². The van der Waals surface area contributed by atoms with Crippen LogP contribution in [0.15, 0.2) is 60.8 Å². The second-order valence-corrected chi connectivity index (χ2v) is 8.57. The summed E-state index contributed by atoms with van der Waals surface area (Å²) in [5.41, 5.74) is 1.27. The second kappa shape index (κ2) is 8.44. The number of carbonyl (C=O) groups excluding carboxylic acids is 1. The molecule has 1 aliphatic carbocycles. The van der Waals surface area contributed by atoms with Gasteiger partial charge in [-0.25, -0.2) is 4.98 Å². The lowest BCUT2D eigenvalue weighted by Gasteiger charge is -2.31. The van der Waals surface area contributed by atoms with Crippen LogP contribution in [0, 0.1) is 0 Å². The van der Waals surface area contributed by atoms with E-state index in [4.69, 9.17) is 16.3 Å². The quantitative estimate of drug-likeness (QED) is 0.564. The van der Waals surface area contributed by atoms with E-state index < -0.39 is 24.1 Å². The minimum absolute atomic E-state index is 0.0558. The number of benzene rings is 1. The van der Waals surface area contributed by atoms with Crippen molar-refractivity contribution in [1.29, 1.82) is 0 Å². The highest BCUT2D eigenvalue weighted by atomic mass is 35.5. The van der Waals surface area contributed by atoms with Crippen LogP contribution in [0.2, 0.25) is 5.02 Å². The lowest BCUT2D eigenvalue weighted by atomic mass is 9.96. The third kappa shape index (κ3) is 4.38. The number of aliphatic hydroxyl groups is 1. The molecule has 0 fully saturated rings. The number of hydrogen-bond donors (Lipinski definition) is 2. The maximum atomic E-state index is 12.7. The Morgan fingerprint density at radius 1 is 1.24 bits per heavy atom. The van der Waals surface area contributed by atoms with E-state index >= 15 is 0 Å². The van der Waals surface area contributed by atoms with Crippen molar-refractivity contribution in [3.8, 4) is 17.0 Å². The lowest BCUT2D eigenvalue weighted by molar-refractivity contribution is -0.141. The molecule has 1 aromatic carbocycles. The van der Waals surface area contributed by atoms with Crippen molar-refractivity contribution >= 4 is 17.5 Å². The summed E-state index contributed by atoms with van der Waals surface area (Å²) < 4.78 is 45.6. The molecule has 0 radical (unpaired) electrons. The molecule has 1 amide bonds. The number of aliphatic hydroxyl groups excluding tert-OH is 1. The van der Waals surface area contributed by atoms with Crippen molar-refractivity contribution in [1.82, 2.24) is 19.9 Å². The average Bonchev–Trinajstić information content (AvgIpc) is 3.25. The molecule has 0 bridgehead atoms. The predicted molar refractivity (Wildman–Crippen MR) is 116 cm³/mol. The SMILES string of the molecule is O=C(NC1=CC(n2cnc(-c3ccc(C(F)(F)F)nc3)c2)C1)[C@@H]1C[C@@H](O)c2cc(Cl)ccc2O1. The molecule has 0 saturated carbocycles. The molecule has 176 valence electrons. The number of pyridine rings is 1. The zero-order valence-corrected chi connectivity index (χ0v) is 18.2. The third-order valence-corrected chi connectivity index (χ3v) is 6.01. The monoisotopic (exact) mass is 490 g/mol. The van der Waals surface area contributed by atoms with Crippen molar-refractivity contribution in [2.24, 2.45) is 0 Å². The van der Waals surface area contributed by atoms with Crippen LogP contribution < -0.4 is 10.1 Å². The highest BCUT2D eigenvalue weighted by Gasteiger charge is 2.34. The Bertz CT molecular complexity index is 1270. The number of carbonyl (C=O) groups is 1. The Hall–Kier alpha value is -3.37. The Morgan fingerprint density at radius 3 is 2.74 bits per heavy atom. The third-order valence-electron chi connectivity index (χ3n) is 5.77. The number of imidazole rings is 1. The largest absolute Gasteiger partial charge is 0.480 e. The summed E-state index contributed by atoms with van der Waals surface area (Å²) in [4.78, 5) is 20.3. The van der Waals surface area contributed by atoms with Gasteiger partial charge in [0.2, 0.25) is 0 Å². The molecule has 1 aliphatic heterocycles. The molecule has 0 spiro atoms. The fourth-order valence-corrected chi connectivity index (χ4v) is 4.09. The van der Waals surface area contributed by atoms with Gasteiger partial charge in [0.15, 0.2) is 6.10 Å². The molecule has 11 heteroatoms. The van der Waals surface area contributed by atoms with Gasteiger partial charge in [-0.2, -0.15) is 13.2 Å². The molecule has 3 atom stereocenters. The molecule has 5 rings (SSSR count). The van der Waals surface area contributed by atoms with E-state index in [1.807, 2.05) is 10.6 Å². The van der Waals surface area contributed by atoms with Gasteiger partial charge in [0.1, 0.15) is 11.4 Å². The lowest BCUT2D eigenvalue weighted by Crippen LogP contribution is -2.42. The van der Waals surface area contributed by atoms with E-state index in [0.717, 1.165) is 12.3 Å². The first-order valence-electron chi connectivity index (χ1n) is 10.4. The smallest absolute Gasteiger partial charge is 0.433 e. The number of nitrogens with zero attached hydrogens (tertiary/aromatic N) is 3. The maximum absolute atomic E-state index is 12.7. The van der Waals surface area contributed by atoms with Crippen molar-refractivity contribution in [3.05, 3.63) is 77.1 Å². The summed E-state index contributed by atoms with van der Waals surface area (Å²) >= 11 is 5.96. The van der Waals surface area contributed by atoms with Gasteiger partial charge in [0.05, 0.1) is 24.2 Å². The van der Waals surface area contributed by atoms with Gasteiger partial charge in [-0.3, -0.25) is 9.78 Å². The van der Waals surface area contributed by atoms with Crippen LogP contribution in [0.3, 0.4) is 0 Å². The van der Waals surface area contributed by atoms with Crippen LogP contribution >= 0.6 is 11.6 Å². The van der Waals surface area contributed by atoms with Crippen molar-refractivity contribution in [2.75, 3.05) is 0 Å². The number of amides is 1. The van der Waals surface area contributed by atoms with Gasteiger partial charge < -0.3 is 19.7 Å². The number of ether oxygens (including phenoxy) is 1. The van der Waals surface area contributed by atoms with Crippen LogP contribution in [0.4, 0.5) is 13.2 Å². The highest BCUT2D eigenvalue weighted by molar-refractivity contribution is 6.30. The van der Waals surface area contributed by atoms with Crippen molar-refractivity contribution in [2.45, 2.75) is 37.3 Å². The Labute approximate surface area is 196 Å². The number of alkyl halides is 3. The van der Waals surface area contributed by atoms with Gasteiger partial charge in [0, 0.05) is 47.1 Å². The number of nitrogens with one attached hydrogen (secondary N) is 1. The number of aromatic nitrogens is 3. The topological polar surface area (TPSA) is 89.3 Å². The van der Waals surface area contributed by atoms with Gasteiger partial charge in [-0.1, -0.05) is 11.6 Å². The van der Waals surface area contributed by atoms with Crippen LogP contribution in [-0.2, 0) is 11.0 Å². The molecular weight excluding hydrogens is 473 g/mol. The Balaban J connectivity index is 1.20. The van der Waals surface area contributed by atoms with Gasteiger partial charge in [-0.15, -0.1) is 0 Å². The molecule has 1 unspecified atom stereocenters. The second-order valence-electron chi connectivity index (χ2n) is 8.13. The predicted octanol–water partition coefficient (Wildman–Crippen LogP) is 4.45. The number of halogens is 4. The highest BCUT2D eigenvalue weighted by Crippen LogP contribution is 2.37. The standard InChI is InChI=1S/C23H18ClF3N4O3/c24-13-2-3-19-16(5-13)18(32)8-20(34-19)22(33)30-14-6-15(7-14)31-10-17(29-11-31)12-1-4-21(28-9-12)23(25,26)27/h1-6,9-11,15,18,20,32H,7-8H2,(H,30,33)/t15?,18-,20+/m1/s1. The minimum atomic E-state index is -4.49. The van der Waals surface area contributed by atoms with Gasteiger partial charge in [0.25, 0.3) is 5.91 Å². The number of fused-ring (bicyclic) bond motifs is 1. The Kier molecular flexibility index (Phi) is 5.57. The molecule has 2 aliphatic rings. The first-order valence-corrected chi connectivity index (χ1v) is 10.8. The summed E-state index contributed by atoms with van der Waals surface area (Å²) in [6, 6.07) is 7.07. The zero-order chi connectivity index (χ0) is 24.0. The fraction of sp³-hybridized carbons (Fsp3) is 0.261. The first-order chi connectivity index (χ1) is 16.2. The van der Waals surface area contributed by atoms with E-state index in [9.17, 15) is 23.1 Å². The summed E-state index contributed by atoms with van der Waals surface area (Å²) in [5.74, 6) is 0.0685. The molecule has 3 aromatic rings. The zero-order valence-electron chi connectivity index (χ0n) is 17.5. The van der Waals surface area contributed by atoms with E-state index in [1.54, 1.807) is 30.7 Å². The van der Waals surface area contributed by atoms with Crippen molar-refractivity contribution < 1.29 is 27.8 Å². The molecule has 0 saturated heterocycles. The summed E-state index contributed by atoms with van der Waals surface area (Å²) in [6.07, 6.45) is 0.746. The summed E-state index contributed by atoms with van der Waals surface area (Å²) in [7, 11) is 0. The number of allylic oxidation sites excluding steroid dienone is 2. The maximum Gasteiger partial charge on any atom is 0.433 e. The first kappa shape index (κ1) is 22.4. The molecule has 2 N–H and O–H groups in total. The Morgan fingerprint density at radius 2 is 2.03 bits per heavy atom. The molecule has 3 heterocycles. The van der Waals surface area contributed by atoms with E-state index in [0.29, 0.717) is 39.7 Å². The molecule has 2 aromatic heterocycles. The van der Waals surface area contributed by atoms with E-state index in [-0.39, 0.29) is 18.4 Å². The number of hydrogen-bond acceptors (Lipinski definition) is 5. The van der Waals surface area contributed by atoms with Crippen LogP contribution in [0.1, 0.15) is 36.2 Å². The van der Waals surface area contributed by atoms with Crippen LogP contribution in [0.5, 0.6) is 5.75 Å². The normalized spacial score (nSPS) is 21.7. The summed E-state index contributed by atoms with van der Waals surface area (Å²) in [5, 5.41) is 13.6. The van der Waals surface area contributed by atoms with E-state index in [2.05, 4.69) is 15.3 Å². The number of rotatable bonds is 4. The summed E-state index contributed by atoms with van der Waals surface area (Å²) in [6.45, 7) is 0. The van der Waals surface area contributed by atoms with Crippen LogP contribution in [-0.4, -0.2) is 31.7 Å². The fourth-order valence-electron chi connectivity index (χ4n) is 3.91. The van der Waals surface area contributed by atoms with Crippen molar-refractivity contribution in [3.63, 3.8) is 0 Å². The minimum Gasteiger partial charge on any atom is -0.480 e. The van der Waals surface area contributed by atoms with Gasteiger partial charge in [-0.05, 0) is 36.4 Å². The molecule has 7 nitrogen and oxygen atoms in total.